The van der Waals surface area contributed by atoms with Crippen molar-refractivity contribution in [1.82, 2.24) is 4.90 Å². The predicted octanol–water partition coefficient (Wildman–Crippen LogP) is 0.855. The lowest BCUT2D eigenvalue weighted by molar-refractivity contribution is -0.145. The van der Waals surface area contributed by atoms with Gasteiger partial charge in [0.05, 0.1) is 12.2 Å². The van der Waals surface area contributed by atoms with Gasteiger partial charge in [0.15, 0.2) is 0 Å². The molecule has 5 heteroatoms. The summed E-state index contributed by atoms with van der Waals surface area (Å²) in [6.07, 6.45) is 5.97. The molecule has 0 aromatic carbocycles. The van der Waals surface area contributed by atoms with Crippen LogP contribution in [0, 0.1) is 0 Å². The molecule has 0 amide bonds. The van der Waals surface area contributed by atoms with Gasteiger partial charge < -0.3 is 14.9 Å². The topological polar surface area (TPSA) is 70.0 Å². The summed E-state index contributed by atoms with van der Waals surface area (Å²) in [7, 11) is 0. The Kier molecular flexibility index (Phi) is 4.97. The summed E-state index contributed by atoms with van der Waals surface area (Å²) in [5.74, 6) is -0.903. The second-order valence-corrected chi connectivity index (χ2v) is 5.36. The first-order chi connectivity index (χ1) is 8.66. The summed E-state index contributed by atoms with van der Waals surface area (Å²) < 4.78 is 5.32. The highest BCUT2D eigenvalue weighted by Gasteiger charge is 2.31. The quantitative estimate of drug-likeness (QED) is 0.781. The van der Waals surface area contributed by atoms with Crippen molar-refractivity contribution in [3.8, 4) is 0 Å². The summed E-state index contributed by atoms with van der Waals surface area (Å²) >= 11 is 0. The molecule has 0 radical (unpaired) electrons. The molecule has 1 heterocycles. The first kappa shape index (κ1) is 13.8. The zero-order valence-corrected chi connectivity index (χ0v) is 10.8. The van der Waals surface area contributed by atoms with Crippen molar-refractivity contribution >= 4 is 5.97 Å². The summed E-state index contributed by atoms with van der Waals surface area (Å²) in [5, 5.41) is 18.6. The number of nitrogens with zero attached hydrogens (tertiary/aromatic N) is 1. The Hall–Kier alpha value is -0.650. The van der Waals surface area contributed by atoms with Crippen LogP contribution in [0.5, 0.6) is 0 Å². The van der Waals surface area contributed by atoms with Crippen LogP contribution in [0.25, 0.3) is 0 Å². The molecule has 2 N–H and O–H groups in total. The van der Waals surface area contributed by atoms with Gasteiger partial charge in [-0.15, -0.1) is 0 Å². The fraction of sp³-hybridized carbons (Fsp3) is 0.923. The number of carboxylic acids is 1. The average Bonchev–Trinajstić information content (AvgIpc) is 2.38. The van der Waals surface area contributed by atoms with Crippen molar-refractivity contribution in [2.45, 2.75) is 56.8 Å². The number of carboxylic acid groups (broad SMARTS) is 1. The van der Waals surface area contributed by atoms with E-state index in [4.69, 9.17) is 9.84 Å². The molecule has 0 bridgehead atoms. The molecule has 2 rings (SSSR count). The minimum absolute atomic E-state index is 0.0677. The van der Waals surface area contributed by atoms with E-state index in [2.05, 4.69) is 4.90 Å². The Bertz CT molecular complexity index is 276. The fourth-order valence-electron chi connectivity index (χ4n) is 3.08. The number of hydrogen-bond acceptors (Lipinski definition) is 4. The monoisotopic (exact) mass is 257 g/mol. The maximum absolute atomic E-state index is 10.4. The van der Waals surface area contributed by atoms with E-state index in [-0.39, 0.29) is 18.8 Å². The van der Waals surface area contributed by atoms with Gasteiger partial charge in [0.1, 0.15) is 6.61 Å². The minimum Gasteiger partial charge on any atom is -0.480 e. The Morgan fingerprint density at radius 1 is 1.17 bits per heavy atom. The van der Waals surface area contributed by atoms with E-state index in [0.29, 0.717) is 6.04 Å². The lowest BCUT2D eigenvalue weighted by Gasteiger charge is -2.41. The van der Waals surface area contributed by atoms with Gasteiger partial charge in [0.25, 0.3) is 0 Å². The van der Waals surface area contributed by atoms with E-state index >= 15 is 0 Å². The molecule has 1 aliphatic heterocycles. The fourth-order valence-corrected chi connectivity index (χ4v) is 3.08. The molecule has 2 unspecified atom stereocenters. The maximum atomic E-state index is 10.4. The summed E-state index contributed by atoms with van der Waals surface area (Å²) in [4.78, 5) is 12.8. The zero-order valence-electron chi connectivity index (χ0n) is 10.8. The third-order valence-electron chi connectivity index (χ3n) is 4.08. The number of aliphatic hydroxyl groups excluding tert-OH is 1. The van der Waals surface area contributed by atoms with E-state index in [0.717, 1.165) is 45.2 Å². The van der Waals surface area contributed by atoms with E-state index in [1.54, 1.807) is 0 Å². The van der Waals surface area contributed by atoms with Crippen molar-refractivity contribution in [3.05, 3.63) is 0 Å². The van der Waals surface area contributed by atoms with Crippen molar-refractivity contribution in [2.24, 2.45) is 0 Å². The third kappa shape index (κ3) is 3.67. The standard InChI is InChI=1S/C13H23NO4/c15-12-4-2-1-3-11(12)14-7-5-10(6-8-14)18-9-13(16)17/h10-12,15H,1-9H2,(H,16,17). The molecular formula is C13H23NO4. The second-order valence-electron chi connectivity index (χ2n) is 5.36. The van der Waals surface area contributed by atoms with Crippen LogP contribution in [0.1, 0.15) is 38.5 Å². The number of piperidine rings is 1. The Morgan fingerprint density at radius 3 is 2.44 bits per heavy atom. The minimum atomic E-state index is -0.903. The lowest BCUT2D eigenvalue weighted by atomic mass is 9.90. The van der Waals surface area contributed by atoms with Crippen molar-refractivity contribution in [1.29, 1.82) is 0 Å². The van der Waals surface area contributed by atoms with Crippen LogP contribution < -0.4 is 0 Å². The molecule has 2 fully saturated rings. The van der Waals surface area contributed by atoms with Crippen LogP contribution in [-0.2, 0) is 9.53 Å². The van der Waals surface area contributed by atoms with Crippen LogP contribution in [0.15, 0.2) is 0 Å². The van der Waals surface area contributed by atoms with E-state index in [1.807, 2.05) is 0 Å². The van der Waals surface area contributed by atoms with Gasteiger partial charge in [-0.05, 0) is 25.7 Å². The van der Waals surface area contributed by atoms with Crippen molar-refractivity contribution in [3.63, 3.8) is 0 Å². The van der Waals surface area contributed by atoms with Gasteiger partial charge >= 0.3 is 5.97 Å². The van der Waals surface area contributed by atoms with Gasteiger partial charge in [-0.3, -0.25) is 4.90 Å². The molecule has 0 aromatic rings. The molecule has 18 heavy (non-hydrogen) atoms. The molecule has 0 spiro atoms. The van der Waals surface area contributed by atoms with Gasteiger partial charge in [-0.2, -0.15) is 0 Å². The van der Waals surface area contributed by atoms with E-state index < -0.39 is 5.97 Å². The summed E-state index contributed by atoms with van der Waals surface area (Å²) in [5.41, 5.74) is 0. The van der Waals surface area contributed by atoms with Crippen LogP contribution in [-0.4, -0.2) is 59.0 Å². The lowest BCUT2D eigenvalue weighted by Crippen LogP contribution is -2.49. The molecule has 5 nitrogen and oxygen atoms in total. The highest BCUT2D eigenvalue weighted by atomic mass is 16.5. The highest BCUT2D eigenvalue weighted by Crippen LogP contribution is 2.26. The first-order valence-electron chi connectivity index (χ1n) is 6.92. The number of aliphatic carboxylic acids is 1. The Morgan fingerprint density at radius 2 is 1.83 bits per heavy atom. The Balaban J connectivity index is 1.74. The molecule has 1 saturated carbocycles. The van der Waals surface area contributed by atoms with E-state index in [1.165, 1.54) is 6.42 Å². The van der Waals surface area contributed by atoms with Crippen LogP contribution in [0.4, 0.5) is 0 Å². The van der Waals surface area contributed by atoms with Gasteiger partial charge in [0.2, 0.25) is 0 Å². The van der Waals surface area contributed by atoms with Crippen LogP contribution in [0.2, 0.25) is 0 Å². The smallest absolute Gasteiger partial charge is 0.329 e. The number of aliphatic hydroxyl groups is 1. The molecule has 0 aromatic heterocycles. The normalized spacial score (nSPS) is 31.4. The van der Waals surface area contributed by atoms with Crippen molar-refractivity contribution < 1.29 is 19.7 Å². The van der Waals surface area contributed by atoms with Gasteiger partial charge in [-0.1, -0.05) is 12.8 Å². The summed E-state index contributed by atoms with van der Waals surface area (Å²) in [6, 6.07) is 0.305. The van der Waals surface area contributed by atoms with Crippen molar-refractivity contribution in [2.75, 3.05) is 19.7 Å². The number of rotatable bonds is 4. The van der Waals surface area contributed by atoms with Gasteiger partial charge in [0, 0.05) is 19.1 Å². The number of ether oxygens (including phenoxy) is 1. The molecule has 2 atom stereocenters. The first-order valence-corrected chi connectivity index (χ1v) is 6.92. The molecular weight excluding hydrogens is 234 g/mol. The van der Waals surface area contributed by atoms with E-state index in [9.17, 15) is 9.90 Å². The third-order valence-corrected chi connectivity index (χ3v) is 4.08. The maximum Gasteiger partial charge on any atom is 0.329 e. The van der Waals surface area contributed by atoms with Crippen LogP contribution in [0.3, 0.4) is 0 Å². The highest BCUT2D eigenvalue weighted by molar-refractivity contribution is 5.68. The number of likely N-dealkylation sites (tertiary alicyclic amines) is 1. The molecule has 1 saturated heterocycles. The largest absolute Gasteiger partial charge is 0.480 e. The number of carbonyl (C=O) groups is 1. The molecule has 104 valence electrons. The zero-order chi connectivity index (χ0) is 13.0. The second kappa shape index (κ2) is 6.50. The SMILES string of the molecule is O=C(O)COC1CCN(C2CCCCC2O)CC1. The van der Waals surface area contributed by atoms with Crippen LogP contribution >= 0.6 is 0 Å². The molecule has 2 aliphatic rings. The average molecular weight is 257 g/mol. The predicted molar refractivity (Wildman–Crippen MR) is 66.4 cm³/mol. The Labute approximate surface area is 108 Å². The molecule has 1 aliphatic carbocycles. The summed E-state index contributed by atoms with van der Waals surface area (Å²) in [6.45, 7) is 1.62. The van der Waals surface area contributed by atoms with Gasteiger partial charge in [-0.25, -0.2) is 4.79 Å². The number of hydrogen-bond donors (Lipinski definition) is 2.